The maximum Gasteiger partial charge on any atom is 0.251 e. The van der Waals surface area contributed by atoms with Crippen molar-refractivity contribution in [2.75, 3.05) is 26.3 Å². The Labute approximate surface area is 136 Å². The molecule has 1 heterocycles. The molecule has 1 aromatic carbocycles. The van der Waals surface area contributed by atoms with E-state index in [9.17, 15) is 14.7 Å². The van der Waals surface area contributed by atoms with Gasteiger partial charge < -0.3 is 20.0 Å². The molecule has 23 heavy (non-hydrogen) atoms. The fourth-order valence-corrected chi connectivity index (χ4v) is 2.55. The van der Waals surface area contributed by atoms with Crippen LogP contribution in [-0.2, 0) is 16.1 Å². The van der Waals surface area contributed by atoms with Crippen LogP contribution in [0.3, 0.4) is 0 Å². The summed E-state index contributed by atoms with van der Waals surface area (Å²) in [6, 6.07) is 4.83. The van der Waals surface area contributed by atoms with Crippen LogP contribution in [0.5, 0.6) is 5.75 Å². The molecule has 0 saturated carbocycles. The van der Waals surface area contributed by atoms with E-state index >= 15 is 0 Å². The van der Waals surface area contributed by atoms with E-state index in [1.54, 1.807) is 18.2 Å². The van der Waals surface area contributed by atoms with Crippen LogP contribution in [0.2, 0.25) is 0 Å². The van der Waals surface area contributed by atoms with Crippen LogP contribution < -0.4 is 5.32 Å². The SMILES string of the molecule is C[C@H](CCC=O)NC(=O)c1ccc(O)c(CN2CCOCC2)c1. The van der Waals surface area contributed by atoms with E-state index in [0.29, 0.717) is 38.2 Å². The average Bonchev–Trinajstić information content (AvgIpc) is 2.56. The quantitative estimate of drug-likeness (QED) is 0.741. The summed E-state index contributed by atoms with van der Waals surface area (Å²) in [5, 5.41) is 12.9. The van der Waals surface area contributed by atoms with Crippen LogP contribution >= 0.6 is 0 Å². The fraction of sp³-hybridized carbons (Fsp3) is 0.529. The first kappa shape index (κ1) is 17.4. The highest BCUT2D eigenvalue weighted by molar-refractivity contribution is 5.94. The minimum absolute atomic E-state index is 0.0656. The molecular formula is C17H24N2O4. The number of ether oxygens (including phenoxy) is 1. The van der Waals surface area contributed by atoms with E-state index in [1.807, 2.05) is 6.92 Å². The Morgan fingerprint density at radius 3 is 2.87 bits per heavy atom. The Kier molecular flexibility index (Phi) is 6.55. The second kappa shape index (κ2) is 8.64. The Morgan fingerprint density at radius 2 is 2.17 bits per heavy atom. The first-order valence-corrected chi connectivity index (χ1v) is 7.96. The van der Waals surface area contributed by atoms with Crippen molar-refractivity contribution < 1.29 is 19.4 Å². The minimum Gasteiger partial charge on any atom is -0.508 e. The fourth-order valence-electron chi connectivity index (χ4n) is 2.55. The summed E-state index contributed by atoms with van der Waals surface area (Å²) in [6.45, 7) is 5.48. The van der Waals surface area contributed by atoms with E-state index in [1.165, 1.54) is 0 Å². The van der Waals surface area contributed by atoms with Crippen molar-refractivity contribution in [2.45, 2.75) is 32.4 Å². The van der Waals surface area contributed by atoms with Crippen LogP contribution in [-0.4, -0.2) is 54.5 Å². The lowest BCUT2D eigenvalue weighted by molar-refractivity contribution is -0.108. The average molecular weight is 320 g/mol. The topological polar surface area (TPSA) is 78.9 Å². The van der Waals surface area contributed by atoms with Crippen LogP contribution in [0, 0.1) is 0 Å². The number of morpholine rings is 1. The van der Waals surface area contributed by atoms with Gasteiger partial charge in [-0.2, -0.15) is 0 Å². The zero-order chi connectivity index (χ0) is 16.7. The number of aldehydes is 1. The monoisotopic (exact) mass is 320 g/mol. The van der Waals surface area contributed by atoms with Crippen molar-refractivity contribution in [3.8, 4) is 5.75 Å². The van der Waals surface area contributed by atoms with Crippen molar-refractivity contribution in [3.05, 3.63) is 29.3 Å². The lowest BCUT2D eigenvalue weighted by atomic mass is 10.1. The van der Waals surface area contributed by atoms with Crippen LogP contribution in [0.15, 0.2) is 18.2 Å². The van der Waals surface area contributed by atoms with Gasteiger partial charge in [0.2, 0.25) is 0 Å². The van der Waals surface area contributed by atoms with Gasteiger partial charge in [0, 0.05) is 43.2 Å². The highest BCUT2D eigenvalue weighted by Gasteiger charge is 2.15. The summed E-state index contributed by atoms with van der Waals surface area (Å²) in [7, 11) is 0. The highest BCUT2D eigenvalue weighted by Crippen LogP contribution is 2.21. The number of nitrogens with one attached hydrogen (secondary N) is 1. The van der Waals surface area contributed by atoms with E-state index in [-0.39, 0.29) is 17.7 Å². The highest BCUT2D eigenvalue weighted by atomic mass is 16.5. The number of phenolic OH excluding ortho intramolecular Hbond substituents is 1. The third-order valence-electron chi connectivity index (χ3n) is 3.93. The summed E-state index contributed by atoms with van der Waals surface area (Å²) in [4.78, 5) is 24.8. The first-order valence-electron chi connectivity index (χ1n) is 7.96. The largest absolute Gasteiger partial charge is 0.508 e. The van der Waals surface area contributed by atoms with Crippen molar-refractivity contribution >= 4 is 12.2 Å². The third kappa shape index (κ3) is 5.33. The van der Waals surface area contributed by atoms with Crippen molar-refractivity contribution in [1.29, 1.82) is 0 Å². The second-order valence-corrected chi connectivity index (χ2v) is 5.85. The molecule has 1 atom stereocenters. The normalized spacial score (nSPS) is 16.7. The molecule has 0 bridgehead atoms. The molecule has 2 rings (SSSR count). The molecule has 6 heteroatoms. The van der Waals surface area contributed by atoms with Gasteiger partial charge in [-0.3, -0.25) is 9.69 Å². The van der Waals surface area contributed by atoms with Gasteiger partial charge in [-0.1, -0.05) is 0 Å². The number of amides is 1. The Bertz CT molecular complexity index is 541. The zero-order valence-electron chi connectivity index (χ0n) is 13.5. The van der Waals surface area contributed by atoms with Crippen molar-refractivity contribution in [1.82, 2.24) is 10.2 Å². The molecule has 6 nitrogen and oxygen atoms in total. The number of phenols is 1. The lowest BCUT2D eigenvalue weighted by Gasteiger charge is -2.27. The number of nitrogens with zero attached hydrogens (tertiary/aromatic N) is 1. The van der Waals surface area contributed by atoms with Gasteiger partial charge in [0.15, 0.2) is 0 Å². The molecule has 1 aliphatic rings. The summed E-state index contributed by atoms with van der Waals surface area (Å²) in [5.41, 5.74) is 1.25. The van der Waals surface area contributed by atoms with E-state index in [2.05, 4.69) is 10.2 Å². The molecule has 1 aromatic rings. The predicted molar refractivity (Wildman–Crippen MR) is 86.4 cm³/mol. The molecule has 1 amide bonds. The number of hydrogen-bond donors (Lipinski definition) is 2. The van der Waals surface area contributed by atoms with E-state index in [0.717, 1.165) is 24.9 Å². The van der Waals surface area contributed by atoms with Crippen LogP contribution in [0.4, 0.5) is 0 Å². The summed E-state index contributed by atoms with van der Waals surface area (Å²) < 4.78 is 5.31. The Balaban J connectivity index is 2.00. The number of aromatic hydroxyl groups is 1. The van der Waals surface area contributed by atoms with Crippen LogP contribution in [0.1, 0.15) is 35.7 Å². The molecule has 0 radical (unpaired) electrons. The van der Waals surface area contributed by atoms with Gasteiger partial charge in [0.25, 0.3) is 5.91 Å². The molecule has 0 spiro atoms. The Morgan fingerprint density at radius 1 is 1.43 bits per heavy atom. The van der Waals surface area contributed by atoms with Crippen LogP contribution in [0.25, 0.3) is 0 Å². The summed E-state index contributed by atoms with van der Waals surface area (Å²) in [5.74, 6) is 0.00803. The Hall–Kier alpha value is -1.92. The van der Waals surface area contributed by atoms with Gasteiger partial charge in [0.05, 0.1) is 13.2 Å². The predicted octanol–water partition coefficient (Wildman–Crippen LogP) is 1.32. The molecule has 2 N–H and O–H groups in total. The molecule has 1 fully saturated rings. The molecule has 126 valence electrons. The second-order valence-electron chi connectivity index (χ2n) is 5.85. The lowest BCUT2D eigenvalue weighted by Crippen LogP contribution is -2.36. The number of benzene rings is 1. The first-order chi connectivity index (χ1) is 11.1. The molecule has 0 unspecified atom stereocenters. The number of hydrogen-bond acceptors (Lipinski definition) is 5. The van der Waals surface area contributed by atoms with Gasteiger partial charge in [-0.25, -0.2) is 0 Å². The number of carbonyl (C=O) groups is 2. The summed E-state index contributed by atoms with van der Waals surface area (Å²) >= 11 is 0. The standard InChI is InChI=1S/C17H24N2O4/c1-13(3-2-8-20)18-17(22)14-4-5-16(21)15(11-14)12-19-6-9-23-10-7-19/h4-5,8,11,13,21H,2-3,6-7,9-10,12H2,1H3,(H,18,22)/t13-/m1/s1. The molecular weight excluding hydrogens is 296 g/mol. The van der Waals surface area contributed by atoms with E-state index in [4.69, 9.17) is 4.74 Å². The third-order valence-corrected chi connectivity index (χ3v) is 3.93. The molecule has 1 saturated heterocycles. The zero-order valence-corrected chi connectivity index (χ0v) is 13.5. The molecule has 0 aromatic heterocycles. The smallest absolute Gasteiger partial charge is 0.251 e. The van der Waals surface area contributed by atoms with Crippen molar-refractivity contribution in [3.63, 3.8) is 0 Å². The molecule has 1 aliphatic heterocycles. The van der Waals surface area contributed by atoms with Gasteiger partial charge >= 0.3 is 0 Å². The van der Waals surface area contributed by atoms with E-state index < -0.39 is 0 Å². The molecule has 0 aliphatic carbocycles. The number of rotatable bonds is 7. The minimum atomic E-state index is -0.188. The van der Waals surface area contributed by atoms with Gasteiger partial charge in [-0.05, 0) is 31.5 Å². The summed E-state index contributed by atoms with van der Waals surface area (Å²) in [6.07, 6.45) is 1.90. The van der Waals surface area contributed by atoms with Crippen molar-refractivity contribution in [2.24, 2.45) is 0 Å². The van der Waals surface area contributed by atoms with Gasteiger partial charge in [-0.15, -0.1) is 0 Å². The maximum absolute atomic E-state index is 12.3. The maximum atomic E-state index is 12.3. The van der Waals surface area contributed by atoms with Gasteiger partial charge in [0.1, 0.15) is 12.0 Å². The number of carbonyl (C=O) groups excluding carboxylic acids is 2.